The van der Waals surface area contributed by atoms with E-state index in [-0.39, 0.29) is 16.7 Å². The topological polar surface area (TPSA) is 40.9 Å². The second-order valence-electron chi connectivity index (χ2n) is 3.25. The standard InChI is InChI=1S/C11H12NOS/c1-14(2)8-11(13)10-5-3-4-9(6-10)7-12/h3-6H,8H2,1-2H3/q+1. The van der Waals surface area contributed by atoms with Crippen LogP contribution in [0, 0.1) is 11.3 Å². The molecular weight excluding hydrogens is 194 g/mol. The molecule has 1 aromatic carbocycles. The molecule has 1 rings (SSSR count). The van der Waals surface area contributed by atoms with Crippen molar-refractivity contribution in [3.05, 3.63) is 35.4 Å². The van der Waals surface area contributed by atoms with Crippen molar-refractivity contribution in [3.8, 4) is 6.07 Å². The van der Waals surface area contributed by atoms with E-state index in [2.05, 4.69) is 0 Å². The van der Waals surface area contributed by atoms with E-state index in [0.717, 1.165) is 0 Å². The predicted molar refractivity (Wildman–Crippen MR) is 59.6 cm³/mol. The van der Waals surface area contributed by atoms with Crippen molar-refractivity contribution < 1.29 is 4.79 Å². The molecule has 0 fully saturated rings. The van der Waals surface area contributed by atoms with Crippen LogP contribution in [0.1, 0.15) is 15.9 Å². The van der Waals surface area contributed by atoms with E-state index in [1.165, 1.54) is 0 Å². The maximum Gasteiger partial charge on any atom is 0.211 e. The number of hydrogen-bond donors (Lipinski definition) is 0. The Labute approximate surface area is 86.9 Å². The molecule has 0 heterocycles. The Bertz CT molecular complexity index is 379. The second kappa shape index (κ2) is 4.83. The molecule has 0 bridgehead atoms. The van der Waals surface area contributed by atoms with Gasteiger partial charge < -0.3 is 0 Å². The Morgan fingerprint density at radius 2 is 2.21 bits per heavy atom. The summed E-state index contributed by atoms with van der Waals surface area (Å²) in [6.45, 7) is 0. The third-order valence-corrected chi connectivity index (χ3v) is 2.57. The second-order valence-corrected chi connectivity index (χ2v) is 5.51. The maximum atomic E-state index is 11.6. The fourth-order valence-electron chi connectivity index (χ4n) is 1.11. The molecule has 3 heteroatoms. The van der Waals surface area contributed by atoms with Gasteiger partial charge in [-0.05, 0) is 23.0 Å². The van der Waals surface area contributed by atoms with Crippen molar-refractivity contribution in [1.29, 1.82) is 5.26 Å². The van der Waals surface area contributed by atoms with Crippen LogP contribution in [0.2, 0.25) is 0 Å². The highest BCUT2D eigenvalue weighted by Crippen LogP contribution is 2.06. The van der Waals surface area contributed by atoms with Crippen molar-refractivity contribution in [2.75, 3.05) is 18.3 Å². The highest BCUT2D eigenvalue weighted by molar-refractivity contribution is 7.96. The summed E-state index contributed by atoms with van der Waals surface area (Å²) in [6.07, 6.45) is 4.07. The molecule has 0 unspecified atom stereocenters. The number of nitrogens with zero attached hydrogens (tertiary/aromatic N) is 1. The lowest BCUT2D eigenvalue weighted by Crippen LogP contribution is -2.13. The van der Waals surface area contributed by atoms with Crippen LogP contribution in [-0.4, -0.2) is 24.0 Å². The van der Waals surface area contributed by atoms with Crippen LogP contribution in [0.3, 0.4) is 0 Å². The van der Waals surface area contributed by atoms with Gasteiger partial charge in [0.2, 0.25) is 5.78 Å². The number of ketones is 1. The molecular formula is C11H12NOS+. The molecule has 0 spiro atoms. The molecule has 0 aromatic heterocycles. The van der Waals surface area contributed by atoms with Gasteiger partial charge in [0.1, 0.15) is 0 Å². The molecule has 0 N–H and O–H groups in total. The molecule has 0 saturated carbocycles. The molecule has 0 atom stereocenters. The van der Waals surface area contributed by atoms with Gasteiger partial charge in [0.05, 0.1) is 24.1 Å². The molecule has 72 valence electrons. The van der Waals surface area contributed by atoms with Crippen LogP contribution in [0.4, 0.5) is 0 Å². The Balaban J connectivity index is 2.86. The van der Waals surface area contributed by atoms with E-state index in [0.29, 0.717) is 16.9 Å². The van der Waals surface area contributed by atoms with Gasteiger partial charge in [-0.3, -0.25) is 4.79 Å². The zero-order valence-corrected chi connectivity index (χ0v) is 9.10. The van der Waals surface area contributed by atoms with Crippen LogP contribution in [0.25, 0.3) is 0 Å². The molecule has 0 aliphatic carbocycles. The average molecular weight is 206 g/mol. The van der Waals surface area contributed by atoms with E-state index in [1.807, 2.05) is 18.6 Å². The van der Waals surface area contributed by atoms with Crippen LogP contribution in [-0.2, 0) is 10.9 Å². The SMILES string of the molecule is C[S+](C)CC(=O)c1cccc(C#N)c1. The van der Waals surface area contributed by atoms with E-state index in [1.54, 1.807) is 24.3 Å². The Hall–Kier alpha value is -1.27. The summed E-state index contributed by atoms with van der Waals surface area (Å²) in [7, 11) is 0.113. The number of nitriles is 1. The van der Waals surface area contributed by atoms with Crippen molar-refractivity contribution in [2.24, 2.45) is 0 Å². The van der Waals surface area contributed by atoms with Crippen LogP contribution in [0.5, 0.6) is 0 Å². The molecule has 0 radical (unpaired) electrons. The fraction of sp³-hybridized carbons (Fsp3) is 0.273. The first-order valence-electron chi connectivity index (χ1n) is 4.21. The first-order valence-corrected chi connectivity index (χ1v) is 6.42. The third kappa shape index (κ3) is 2.90. The molecule has 0 amide bonds. The lowest BCUT2D eigenvalue weighted by Gasteiger charge is -1.98. The third-order valence-electron chi connectivity index (χ3n) is 1.73. The fourth-order valence-corrected chi connectivity index (χ4v) is 1.80. The first kappa shape index (κ1) is 10.8. The van der Waals surface area contributed by atoms with Gasteiger partial charge in [-0.2, -0.15) is 5.26 Å². The van der Waals surface area contributed by atoms with Gasteiger partial charge in [-0.25, -0.2) is 0 Å². The van der Waals surface area contributed by atoms with Crippen LogP contribution >= 0.6 is 0 Å². The number of carbonyl (C=O) groups excluding carboxylic acids is 1. The van der Waals surface area contributed by atoms with Gasteiger partial charge in [0.25, 0.3) is 0 Å². The van der Waals surface area contributed by atoms with Crippen molar-refractivity contribution in [3.63, 3.8) is 0 Å². The number of rotatable bonds is 3. The predicted octanol–water partition coefficient (Wildman–Crippen LogP) is 1.62. The molecule has 2 nitrogen and oxygen atoms in total. The van der Waals surface area contributed by atoms with Crippen molar-refractivity contribution in [2.45, 2.75) is 0 Å². The Morgan fingerprint density at radius 1 is 1.50 bits per heavy atom. The van der Waals surface area contributed by atoms with E-state index >= 15 is 0 Å². The summed E-state index contributed by atoms with van der Waals surface area (Å²) in [5.74, 6) is 0.685. The van der Waals surface area contributed by atoms with E-state index < -0.39 is 0 Å². The van der Waals surface area contributed by atoms with Gasteiger partial charge >= 0.3 is 0 Å². The maximum absolute atomic E-state index is 11.6. The Morgan fingerprint density at radius 3 is 2.79 bits per heavy atom. The average Bonchev–Trinajstić information content (AvgIpc) is 2.17. The molecule has 0 saturated heterocycles. The number of Topliss-reactive ketones (excluding diaryl/α,β-unsaturated/α-hetero) is 1. The summed E-state index contributed by atoms with van der Waals surface area (Å²) in [6, 6.07) is 8.88. The largest absolute Gasteiger partial charge is 0.289 e. The smallest absolute Gasteiger partial charge is 0.211 e. The lowest BCUT2D eigenvalue weighted by atomic mass is 10.1. The zero-order chi connectivity index (χ0) is 10.6. The minimum atomic E-state index is 0.113. The highest BCUT2D eigenvalue weighted by Gasteiger charge is 2.13. The summed E-state index contributed by atoms with van der Waals surface area (Å²) in [5.41, 5.74) is 1.19. The Kier molecular flexibility index (Phi) is 3.73. The quantitative estimate of drug-likeness (QED) is 0.557. The lowest BCUT2D eigenvalue weighted by molar-refractivity contribution is 0.102. The van der Waals surface area contributed by atoms with Gasteiger partial charge in [-0.15, -0.1) is 0 Å². The normalized spacial score (nSPS) is 9.86. The van der Waals surface area contributed by atoms with E-state index in [4.69, 9.17) is 5.26 Å². The summed E-state index contributed by atoms with van der Waals surface area (Å²) in [4.78, 5) is 11.6. The first-order chi connectivity index (χ1) is 6.63. The molecule has 14 heavy (non-hydrogen) atoms. The summed E-state index contributed by atoms with van der Waals surface area (Å²) in [5, 5.41) is 8.67. The van der Waals surface area contributed by atoms with Crippen molar-refractivity contribution >= 4 is 16.7 Å². The number of benzene rings is 1. The van der Waals surface area contributed by atoms with Gasteiger partial charge in [-0.1, -0.05) is 12.1 Å². The monoisotopic (exact) mass is 206 g/mol. The van der Waals surface area contributed by atoms with Gasteiger partial charge in [0.15, 0.2) is 5.75 Å². The number of carbonyl (C=O) groups is 1. The minimum absolute atomic E-state index is 0.113. The molecule has 0 aliphatic rings. The van der Waals surface area contributed by atoms with Gasteiger partial charge in [0, 0.05) is 5.56 Å². The number of hydrogen-bond acceptors (Lipinski definition) is 2. The zero-order valence-electron chi connectivity index (χ0n) is 8.28. The van der Waals surface area contributed by atoms with Crippen LogP contribution < -0.4 is 0 Å². The highest BCUT2D eigenvalue weighted by atomic mass is 32.2. The summed E-state index contributed by atoms with van der Waals surface area (Å²) >= 11 is 0. The van der Waals surface area contributed by atoms with Crippen LogP contribution in [0.15, 0.2) is 24.3 Å². The molecule has 0 aliphatic heterocycles. The summed E-state index contributed by atoms with van der Waals surface area (Å²) < 4.78 is 0. The van der Waals surface area contributed by atoms with E-state index in [9.17, 15) is 4.79 Å². The van der Waals surface area contributed by atoms with Crippen molar-refractivity contribution in [1.82, 2.24) is 0 Å². The molecule has 1 aromatic rings. The minimum Gasteiger partial charge on any atom is -0.289 e.